The Labute approximate surface area is 92.8 Å². The summed E-state index contributed by atoms with van der Waals surface area (Å²) >= 11 is 0. The summed E-state index contributed by atoms with van der Waals surface area (Å²) in [6, 6.07) is 0.634. The second kappa shape index (κ2) is 4.52. The maximum Gasteiger partial charge on any atom is 0.220 e. The zero-order valence-corrected chi connectivity index (χ0v) is 10.3. The van der Waals surface area contributed by atoms with Crippen molar-refractivity contribution in [2.75, 3.05) is 0 Å². The molecule has 0 bridgehead atoms. The molecule has 3 heteroatoms. The van der Waals surface area contributed by atoms with E-state index in [2.05, 4.69) is 33.0 Å². The zero-order valence-electron chi connectivity index (χ0n) is 10.3. The monoisotopic (exact) mass is 212 g/mol. The van der Waals surface area contributed by atoms with E-state index >= 15 is 0 Å². The number of nitrogens with two attached hydrogens (primary N) is 1. The fourth-order valence-corrected chi connectivity index (χ4v) is 1.65. The highest BCUT2D eigenvalue weighted by Crippen LogP contribution is 2.28. The first-order chi connectivity index (χ1) is 6.79. The lowest BCUT2D eigenvalue weighted by molar-refractivity contribution is -0.124. The molecule has 88 valence electrons. The van der Waals surface area contributed by atoms with Crippen molar-refractivity contribution in [2.24, 2.45) is 17.1 Å². The Morgan fingerprint density at radius 1 is 1.47 bits per heavy atom. The number of carbonyl (C=O) groups excluding carboxylic acids is 1. The molecule has 1 saturated carbocycles. The molecule has 0 spiro atoms. The van der Waals surface area contributed by atoms with Gasteiger partial charge in [0.15, 0.2) is 0 Å². The quantitative estimate of drug-likeness (QED) is 0.747. The van der Waals surface area contributed by atoms with Crippen molar-refractivity contribution < 1.29 is 4.79 Å². The lowest BCUT2D eigenvalue weighted by Crippen LogP contribution is -2.50. The summed E-state index contributed by atoms with van der Waals surface area (Å²) in [5.74, 6) is 0.584. The molecule has 1 unspecified atom stereocenters. The average molecular weight is 212 g/mol. The Morgan fingerprint density at radius 2 is 2.00 bits per heavy atom. The SMILES string of the molecule is CC(CC(=O)NC1CC(N)C1)C(C)(C)C. The minimum Gasteiger partial charge on any atom is -0.353 e. The molecule has 0 radical (unpaired) electrons. The van der Waals surface area contributed by atoms with Crippen molar-refractivity contribution >= 4 is 5.91 Å². The van der Waals surface area contributed by atoms with Crippen LogP contribution in [0.25, 0.3) is 0 Å². The standard InChI is InChI=1S/C12H24N2O/c1-8(12(2,3)4)5-11(15)14-10-6-9(13)7-10/h8-10H,5-7,13H2,1-4H3,(H,14,15). The largest absolute Gasteiger partial charge is 0.353 e. The maximum atomic E-state index is 11.7. The van der Waals surface area contributed by atoms with Crippen LogP contribution in [0.2, 0.25) is 0 Å². The van der Waals surface area contributed by atoms with E-state index in [1.807, 2.05) is 0 Å². The lowest BCUT2D eigenvalue weighted by Gasteiger charge is -2.34. The van der Waals surface area contributed by atoms with Gasteiger partial charge in [-0.15, -0.1) is 0 Å². The summed E-state index contributed by atoms with van der Waals surface area (Å²) < 4.78 is 0. The normalized spacial score (nSPS) is 28.1. The van der Waals surface area contributed by atoms with Crippen LogP contribution in [0.15, 0.2) is 0 Å². The van der Waals surface area contributed by atoms with Gasteiger partial charge in [-0.3, -0.25) is 4.79 Å². The predicted octanol–water partition coefficient (Wildman–Crippen LogP) is 1.66. The van der Waals surface area contributed by atoms with Crippen molar-refractivity contribution in [3.05, 3.63) is 0 Å². The smallest absolute Gasteiger partial charge is 0.220 e. The minimum atomic E-state index is 0.175. The number of carbonyl (C=O) groups is 1. The number of rotatable bonds is 3. The third-order valence-corrected chi connectivity index (χ3v) is 3.51. The van der Waals surface area contributed by atoms with E-state index in [9.17, 15) is 4.79 Å². The van der Waals surface area contributed by atoms with Crippen LogP contribution in [-0.2, 0) is 4.79 Å². The molecule has 0 aromatic rings. The van der Waals surface area contributed by atoms with E-state index in [1.165, 1.54) is 0 Å². The Kier molecular flexibility index (Phi) is 3.77. The van der Waals surface area contributed by atoms with Gasteiger partial charge in [0.1, 0.15) is 0 Å². The first-order valence-electron chi connectivity index (χ1n) is 5.84. The van der Waals surface area contributed by atoms with Gasteiger partial charge in [0, 0.05) is 18.5 Å². The van der Waals surface area contributed by atoms with Crippen molar-refractivity contribution in [2.45, 2.75) is 59.0 Å². The third kappa shape index (κ3) is 3.82. The number of amides is 1. The Morgan fingerprint density at radius 3 is 2.40 bits per heavy atom. The van der Waals surface area contributed by atoms with Crippen LogP contribution in [0.4, 0.5) is 0 Å². The van der Waals surface area contributed by atoms with E-state index in [1.54, 1.807) is 0 Å². The zero-order chi connectivity index (χ0) is 11.6. The molecule has 0 aliphatic heterocycles. The highest BCUT2D eigenvalue weighted by Gasteiger charge is 2.28. The number of hydrogen-bond donors (Lipinski definition) is 2. The Hall–Kier alpha value is -0.570. The molecular weight excluding hydrogens is 188 g/mol. The van der Waals surface area contributed by atoms with Gasteiger partial charge in [0.05, 0.1) is 0 Å². The van der Waals surface area contributed by atoms with Crippen LogP contribution in [0.5, 0.6) is 0 Å². The second-order valence-corrected chi connectivity index (χ2v) is 5.97. The molecule has 0 aromatic carbocycles. The first-order valence-corrected chi connectivity index (χ1v) is 5.84. The minimum absolute atomic E-state index is 0.175. The molecule has 3 nitrogen and oxygen atoms in total. The molecule has 1 amide bonds. The fraction of sp³-hybridized carbons (Fsp3) is 0.917. The maximum absolute atomic E-state index is 11.7. The summed E-state index contributed by atoms with van der Waals surface area (Å²) in [4.78, 5) is 11.7. The van der Waals surface area contributed by atoms with Gasteiger partial charge in [0.25, 0.3) is 0 Å². The Bertz CT molecular complexity index is 226. The molecule has 1 rings (SSSR count). The van der Waals surface area contributed by atoms with Crippen LogP contribution in [0.3, 0.4) is 0 Å². The van der Waals surface area contributed by atoms with E-state index in [-0.39, 0.29) is 11.3 Å². The van der Waals surface area contributed by atoms with Crippen molar-refractivity contribution in [3.63, 3.8) is 0 Å². The summed E-state index contributed by atoms with van der Waals surface area (Å²) in [6.45, 7) is 8.64. The van der Waals surface area contributed by atoms with Crippen LogP contribution in [-0.4, -0.2) is 18.0 Å². The lowest BCUT2D eigenvalue weighted by atomic mass is 9.79. The van der Waals surface area contributed by atoms with Gasteiger partial charge in [-0.2, -0.15) is 0 Å². The van der Waals surface area contributed by atoms with Gasteiger partial charge in [-0.1, -0.05) is 27.7 Å². The highest BCUT2D eigenvalue weighted by molar-refractivity contribution is 5.76. The van der Waals surface area contributed by atoms with Crippen LogP contribution >= 0.6 is 0 Å². The van der Waals surface area contributed by atoms with Gasteiger partial charge in [0.2, 0.25) is 5.91 Å². The fourth-order valence-electron chi connectivity index (χ4n) is 1.65. The summed E-state index contributed by atoms with van der Waals surface area (Å²) in [5, 5.41) is 3.03. The molecule has 1 fully saturated rings. The second-order valence-electron chi connectivity index (χ2n) is 5.97. The molecule has 0 aromatic heterocycles. The first kappa shape index (κ1) is 12.5. The molecule has 0 heterocycles. The van der Waals surface area contributed by atoms with Gasteiger partial charge in [-0.05, 0) is 24.2 Å². The Balaban J connectivity index is 2.24. The summed E-state index contributed by atoms with van der Waals surface area (Å²) in [5.41, 5.74) is 5.87. The van der Waals surface area contributed by atoms with Gasteiger partial charge >= 0.3 is 0 Å². The van der Waals surface area contributed by atoms with E-state index in [0.29, 0.717) is 24.4 Å². The van der Waals surface area contributed by atoms with Crippen molar-refractivity contribution in [3.8, 4) is 0 Å². The van der Waals surface area contributed by atoms with E-state index < -0.39 is 0 Å². The van der Waals surface area contributed by atoms with Crippen LogP contribution < -0.4 is 11.1 Å². The summed E-state index contributed by atoms with van der Waals surface area (Å²) in [7, 11) is 0. The molecule has 0 saturated heterocycles. The highest BCUT2D eigenvalue weighted by atomic mass is 16.1. The van der Waals surface area contributed by atoms with E-state index in [0.717, 1.165) is 12.8 Å². The molecule has 1 aliphatic carbocycles. The summed E-state index contributed by atoms with van der Waals surface area (Å²) in [6.07, 6.45) is 2.50. The number of nitrogens with one attached hydrogen (secondary N) is 1. The predicted molar refractivity (Wildman–Crippen MR) is 62.4 cm³/mol. The number of hydrogen-bond acceptors (Lipinski definition) is 2. The third-order valence-electron chi connectivity index (χ3n) is 3.51. The molecule has 1 aliphatic rings. The molecule has 15 heavy (non-hydrogen) atoms. The van der Waals surface area contributed by atoms with Crippen LogP contribution in [0, 0.1) is 11.3 Å². The van der Waals surface area contributed by atoms with Gasteiger partial charge in [-0.25, -0.2) is 0 Å². The van der Waals surface area contributed by atoms with Crippen LogP contribution in [0.1, 0.15) is 47.0 Å². The average Bonchev–Trinajstić information content (AvgIpc) is 1.99. The molecule has 1 atom stereocenters. The van der Waals surface area contributed by atoms with Gasteiger partial charge < -0.3 is 11.1 Å². The topological polar surface area (TPSA) is 55.1 Å². The molecule has 3 N–H and O–H groups in total. The molecular formula is C12H24N2O. The van der Waals surface area contributed by atoms with Crippen molar-refractivity contribution in [1.29, 1.82) is 0 Å². The van der Waals surface area contributed by atoms with E-state index in [4.69, 9.17) is 5.73 Å². The van der Waals surface area contributed by atoms with Crippen molar-refractivity contribution in [1.82, 2.24) is 5.32 Å².